The molecule has 198 valence electrons. The van der Waals surface area contributed by atoms with Crippen molar-refractivity contribution in [2.45, 2.75) is 76.6 Å². The van der Waals surface area contributed by atoms with E-state index in [4.69, 9.17) is 4.74 Å². The van der Waals surface area contributed by atoms with Crippen LogP contribution in [0.4, 0.5) is 0 Å². The van der Waals surface area contributed by atoms with E-state index in [9.17, 15) is 4.79 Å². The van der Waals surface area contributed by atoms with Crippen molar-refractivity contribution in [2.75, 3.05) is 0 Å². The SMILES string of the molecule is CC(C)N(Cc1cccc(C=O)c1)C1NC(c2ccc(OCc3ccc(C4CCCCC4)cc3)cc2)=CS1. The predicted molar refractivity (Wildman–Crippen MR) is 158 cm³/mol. The summed E-state index contributed by atoms with van der Waals surface area (Å²) in [5, 5.41) is 5.89. The van der Waals surface area contributed by atoms with Gasteiger partial charge in [0, 0.05) is 23.8 Å². The van der Waals surface area contributed by atoms with Gasteiger partial charge in [-0.05, 0) is 90.6 Å². The first kappa shape index (κ1) is 26.6. The number of thioether (sulfide) groups is 1. The number of benzene rings is 3. The molecule has 0 radical (unpaired) electrons. The predicted octanol–water partition coefficient (Wildman–Crippen LogP) is 7.95. The van der Waals surface area contributed by atoms with Crippen molar-refractivity contribution in [2.24, 2.45) is 0 Å². The normalized spacial score (nSPS) is 17.9. The van der Waals surface area contributed by atoms with Gasteiger partial charge in [-0.15, -0.1) is 0 Å². The number of nitrogens with one attached hydrogen (secondary N) is 1. The van der Waals surface area contributed by atoms with E-state index < -0.39 is 0 Å². The van der Waals surface area contributed by atoms with Gasteiger partial charge < -0.3 is 10.1 Å². The van der Waals surface area contributed by atoms with Crippen LogP contribution >= 0.6 is 11.8 Å². The Bertz CT molecular complexity index is 1230. The molecule has 0 bridgehead atoms. The molecule has 3 aromatic carbocycles. The molecule has 0 spiro atoms. The Kier molecular flexibility index (Phi) is 8.87. The fourth-order valence-electron chi connectivity index (χ4n) is 5.38. The summed E-state index contributed by atoms with van der Waals surface area (Å²) in [6.07, 6.45) is 7.69. The van der Waals surface area contributed by atoms with Gasteiger partial charge in [0.25, 0.3) is 0 Å². The standard InChI is InChI=1S/C33H38N2O2S/c1-24(2)35(20-26-7-6-8-27(19-26)21-36)33-34-32(23-38-33)30-15-17-31(18-16-30)37-22-25-11-13-29(14-12-25)28-9-4-3-5-10-28/h6-8,11-19,21,23-24,28,33-34H,3-5,9-10,20,22H2,1-2H3. The van der Waals surface area contributed by atoms with Crippen LogP contribution in [0, 0.1) is 0 Å². The number of hydrogen-bond acceptors (Lipinski definition) is 5. The molecule has 1 heterocycles. The van der Waals surface area contributed by atoms with Crippen LogP contribution in [-0.4, -0.2) is 22.7 Å². The Morgan fingerprint density at radius 2 is 1.74 bits per heavy atom. The van der Waals surface area contributed by atoms with Crippen molar-refractivity contribution in [3.05, 3.63) is 106 Å². The second kappa shape index (κ2) is 12.7. The average Bonchev–Trinajstić information content (AvgIpc) is 3.46. The van der Waals surface area contributed by atoms with Crippen LogP contribution in [0.25, 0.3) is 5.70 Å². The first-order valence-electron chi connectivity index (χ1n) is 13.8. The van der Waals surface area contributed by atoms with E-state index in [-0.39, 0.29) is 5.50 Å². The maximum atomic E-state index is 11.2. The van der Waals surface area contributed by atoms with Crippen LogP contribution < -0.4 is 10.1 Å². The van der Waals surface area contributed by atoms with E-state index in [0.29, 0.717) is 12.6 Å². The second-order valence-corrected chi connectivity index (χ2v) is 11.6. The highest BCUT2D eigenvalue weighted by Gasteiger charge is 2.26. The molecular formula is C33H38N2O2S. The molecule has 0 amide bonds. The van der Waals surface area contributed by atoms with E-state index >= 15 is 0 Å². The number of carbonyl (C=O) groups is 1. The van der Waals surface area contributed by atoms with Crippen LogP contribution in [0.2, 0.25) is 0 Å². The average molecular weight is 527 g/mol. The molecule has 1 N–H and O–H groups in total. The van der Waals surface area contributed by atoms with E-state index in [1.54, 1.807) is 11.8 Å². The Balaban J connectivity index is 1.14. The summed E-state index contributed by atoms with van der Waals surface area (Å²) >= 11 is 1.79. The molecule has 2 aliphatic rings. The van der Waals surface area contributed by atoms with Crippen molar-refractivity contribution in [1.29, 1.82) is 0 Å². The van der Waals surface area contributed by atoms with Crippen molar-refractivity contribution < 1.29 is 9.53 Å². The summed E-state index contributed by atoms with van der Waals surface area (Å²) in [4.78, 5) is 13.6. The molecule has 0 saturated heterocycles. The highest BCUT2D eigenvalue weighted by Crippen LogP contribution is 2.33. The van der Waals surface area contributed by atoms with Gasteiger partial charge >= 0.3 is 0 Å². The largest absolute Gasteiger partial charge is 0.489 e. The Hall–Kier alpha value is -3.02. The summed E-state index contributed by atoms with van der Waals surface area (Å²) in [6, 6.07) is 25.6. The molecule has 4 nitrogen and oxygen atoms in total. The first-order chi connectivity index (χ1) is 18.6. The third kappa shape index (κ3) is 6.69. The number of ether oxygens (including phenoxy) is 1. The van der Waals surface area contributed by atoms with Crippen molar-refractivity contribution in [3.63, 3.8) is 0 Å². The summed E-state index contributed by atoms with van der Waals surface area (Å²) in [6.45, 7) is 5.77. The Morgan fingerprint density at radius 1 is 0.974 bits per heavy atom. The smallest absolute Gasteiger partial charge is 0.150 e. The van der Waals surface area contributed by atoms with Gasteiger partial charge in [-0.3, -0.25) is 9.69 Å². The fourth-order valence-corrected chi connectivity index (χ4v) is 6.52. The lowest BCUT2D eigenvalue weighted by Gasteiger charge is -2.32. The summed E-state index contributed by atoms with van der Waals surface area (Å²) in [5.74, 6) is 1.62. The van der Waals surface area contributed by atoms with Crippen molar-refractivity contribution in [1.82, 2.24) is 10.2 Å². The zero-order valence-corrected chi connectivity index (χ0v) is 23.3. The fraction of sp³-hybridized carbons (Fsp3) is 0.364. The third-order valence-electron chi connectivity index (χ3n) is 7.64. The Morgan fingerprint density at radius 3 is 2.45 bits per heavy atom. The van der Waals surface area contributed by atoms with E-state index in [1.165, 1.54) is 43.2 Å². The quantitative estimate of drug-likeness (QED) is 0.272. The molecule has 1 unspecified atom stereocenters. The summed E-state index contributed by atoms with van der Waals surface area (Å²) < 4.78 is 6.09. The van der Waals surface area contributed by atoms with Gasteiger partial charge in [0.05, 0.1) is 0 Å². The number of aldehydes is 1. The second-order valence-electron chi connectivity index (χ2n) is 10.7. The Labute approximate surface area is 231 Å². The lowest BCUT2D eigenvalue weighted by Crippen LogP contribution is -2.43. The molecule has 1 saturated carbocycles. The lowest BCUT2D eigenvalue weighted by molar-refractivity contribution is 0.112. The van der Waals surface area contributed by atoms with E-state index in [2.05, 4.69) is 84.1 Å². The van der Waals surface area contributed by atoms with Crippen LogP contribution in [0.3, 0.4) is 0 Å². The molecule has 5 rings (SSSR count). The zero-order valence-electron chi connectivity index (χ0n) is 22.4. The molecule has 1 aliphatic heterocycles. The third-order valence-corrected chi connectivity index (χ3v) is 8.66. The number of nitrogens with zero attached hydrogens (tertiary/aromatic N) is 1. The molecular weight excluding hydrogens is 488 g/mol. The van der Waals surface area contributed by atoms with E-state index in [1.807, 2.05) is 18.2 Å². The van der Waals surface area contributed by atoms with Gasteiger partial charge in [0.15, 0.2) is 0 Å². The van der Waals surface area contributed by atoms with Crippen LogP contribution in [0.1, 0.15) is 84.5 Å². The lowest BCUT2D eigenvalue weighted by atomic mass is 9.84. The number of rotatable bonds is 10. The maximum Gasteiger partial charge on any atom is 0.150 e. The molecule has 3 aromatic rings. The van der Waals surface area contributed by atoms with Gasteiger partial charge in [-0.25, -0.2) is 0 Å². The van der Waals surface area contributed by atoms with Crippen LogP contribution in [-0.2, 0) is 13.2 Å². The molecule has 38 heavy (non-hydrogen) atoms. The minimum Gasteiger partial charge on any atom is -0.489 e. The minimum absolute atomic E-state index is 0.136. The van der Waals surface area contributed by atoms with Gasteiger partial charge in [-0.1, -0.05) is 73.5 Å². The molecule has 1 fully saturated rings. The molecule has 1 aliphatic carbocycles. The highest BCUT2D eigenvalue weighted by atomic mass is 32.2. The van der Waals surface area contributed by atoms with Gasteiger partial charge in [0.2, 0.25) is 0 Å². The summed E-state index contributed by atoms with van der Waals surface area (Å²) in [5.41, 5.74) is 6.96. The topological polar surface area (TPSA) is 41.6 Å². The number of hydrogen-bond donors (Lipinski definition) is 1. The highest BCUT2D eigenvalue weighted by molar-refractivity contribution is 8.03. The molecule has 5 heteroatoms. The van der Waals surface area contributed by atoms with Gasteiger partial charge in [-0.2, -0.15) is 0 Å². The minimum atomic E-state index is 0.136. The van der Waals surface area contributed by atoms with Crippen molar-refractivity contribution >= 4 is 23.7 Å². The zero-order chi connectivity index (χ0) is 26.3. The van der Waals surface area contributed by atoms with E-state index in [0.717, 1.165) is 46.9 Å². The molecule has 0 aromatic heterocycles. The molecule has 1 atom stereocenters. The van der Waals surface area contributed by atoms with Gasteiger partial charge in [0.1, 0.15) is 24.1 Å². The first-order valence-corrected chi connectivity index (χ1v) is 14.8. The summed E-state index contributed by atoms with van der Waals surface area (Å²) in [7, 11) is 0. The number of carbonyl (C=O) groups excluding carboxylic acids is 1. The maximum absolute atomic E-state index is 11.2. The van der Waals surface area contributed by atoms with Crippen molar-refractivity contribution in [3.8, 4) is 5.75 Å². The van der Waals surface area contributed by atoms with Crippen LogP contribution in [0.5, 0.6) is 5.75 Å². The monoisotopic (exact) mass is 526 g/mol. The van der Waals surface area contributed by atoms with Crippen LogP contribution in [0.15, 0.2) is 78.2 Å².